The summed E-state index contributed by atoms with van der Waals surface area (Å²) in [6, 6.07) is 1.95. The monoisotopic (exact) mass is 185 g/mol. The number of aromatic nitrogens is 2. The SMILES string of the molecule is C#CC1(Oc2ncncc2C#N)CC1. The zero-order chi connectivity index (χ0) is 10.0. The molecule has 0 aromatic carbocycles. The Morgan fingerprint density at radius 2 is 2.36 bits per heavy atom. The first kappa shape index (κ1) is 8.52. The zero-order valence-electron chi connectivity index (χ0n) is 7.40. The van der Waals surface area contributed by atoms with E-state index < -0.39 is 5.60 Å². The van der Waals surface area contributed by atoms with Crippen LogP contribution >= 0.6 is 0 Å². The lowest BCUT2D eigenvalue weighted by Crippen LogP contribution is -2.16. The third-order valence-corrected chi connectivity index (χ3v) is 2.06. The third-order valence-electron chi connectivity index (χ3n) is 2.06. The van der Waals surface area contributed by atoms with E-state index in [0.29, 0.717) is 5.56 Å². The van der Waals surface area contributed by atoms with Crippen molar-refractivity contribution in [2.24, 2.45) is 0 Å². The molecule has 4 heteroatoms. The molecular formula is C10H7N3O. The molecule has 0 bridgehead atoms. The lowest BCUT2D eigenvalue weighted by molar-refractivity contribution is 0.228. The van der Waals surface area contributed by atoms with Crippen molar-refractivity contribution in [1.82, 2.24) is 9.97 Å². The molecule has 68 valence electrons. The van der Waals surface area contributed by atoms with Crippen molar-refractivity contribution < 1.29 is 4.74 Å². The molecule has 0 N–H and O–H groups in total. The van der Waals surface area contributed by atoms with Gasteiger partial charge in [0.05, 0.1) is 6.20 Å². The van der Waals surface area contributed by atoms with Gasteiger partial charge in [-0.3, -0.25) is 0 Å². The molecule has 0 saturated heterocycles. The molecule has 1 saturated carbocycles. The van der Waals surface area contributed by atoms with Gasteiger partial charge in [0.25, 0.3) is 0 Å². The summed E-state index contributed by atoms with van der Waals surface area (Å²) in [5.41, 5.74) is -0.214. The van der Waals surface area contributed by atoms with E-state index in [1.807, 2.05) is 6.07 Å². The number of nitriles is 1. The average molecular weight is 185 g/mol. The number of terminal acetylenes is 1. The summed E-state index contributed by atoms with van der Waals surface area (Å²) in [5, 5.41) is 8.75. The Balaban J connectivity index is 2.26. The minimum Gasteiger partial charge on any atom is -0.457 e. The molecular weight excluding hydrogens is 178 g/mol. The van der Waals surface area contributed by atoms with Crippen LogP contribution in [0.4, 0.5) is 0 Å². The molecule has 0 amide bonds. The van der Waals surface area contributed by atoms with Gasteiger partial charge in [-0.15, -0.1) is 6.42 Å². The molecule has 0 spiro atoms. The summed E-state index contributed by atoms with van der Waals surface area (Å²) >= 11 is 0. The van der Waals surface area contributed by atoms with E-state index in [-0.39, 0.29) is 5.88 Å². The molecule has 14 heavy (non-hydrogen) atoms. The van der Waals surface area contributed by atoms with Crippen LogP contribution < -0.4 is 4.74 Å². The van der Waals surface area contributed by atoms with Crippen LogP contribution in [-0.2, 0) is 0 Å². The van der Waals surface area contributed by atoms with Gasteiger partial charge in [0, 0.05) is 12.8 Å². The predicted molar refractivity (Wildman–Crippen MR) is 48.2 cm³/mol. The van der Waals surface area contributed by atoms with Gasteiger partial charge in [-0.25, -0.2) is 9.97 Å². The third kappa shape index (κ3) is 1.38. The van der Waals surface area contributed by atoms with Gasteiger partial charge >= 0.3 is 0 Å². The van der Waals surface area contributed by atoms with Crippen molar-refractivity contribution in [3.05, 3.63) is 18.1 Å². The van der Waals surface area contributed by atoms with Crippen LogP contribution in [0.25, 0.3) is 0 Å². The van der Waals surface area contributed by atoms with Crippen molar-refractivity contribution >= 4 is 0 Å². The maximum absolute atomic E-state index is 8.75. The first-order valence-corrected chi connectivity index (χ1v) is 4.16. The molecule has 1 aliphatic carbocycles. The first-order valence-electron chi connectivity index (χ1n) is 4.16. The van der Waals surface area contributed by atoms with Crippen LogP contribution in [0.15, 0.2) is 12.5 Å². The van der Waals surface area contributed by atoms with Gasteiger partial charge in [-0.2, -0.15) is 5.26 Å². The van der Waals surface area contributed by atoms with Gasteiger partial charge in [0.1, 0.15) is 18.0 Å². The molecule has 4 nitrogen and oxygen atoms in total. The fourth-order valence-corrected chi connectivity index (χ4v) is 1.05. The van der Waals surface area contributed by atoms with E-state index in [1.54, 1.807) is 0 Å². The summed E-state index contributed by atoms with van der Waals surface area (Å²) in [6.07, 6.45) is 9.69. The molecule has 1 aromatic rings. The van der Waals surface area contributed by atoms with E-state index >= 15 is 0 Å². The summed E-state index contributed by atoms with van der Waals surface area (Å²) in [5.74, 6) is 2.84. The number of rotatable bonds is 2. The Hall–Kier alpha value is -2.07. The van der Waals surface area contributed by atoms with Crippen LogP contribution in [-0.4, -0.2) is 15.6 Å². The fraction of sp³-hybridized carbons (Fsp3) is 0.300. The number of nitrogens with zero attached hydrogens (tertiary/aromatic N) is 3. The van der Waals surface area contributed by atoms with Crippen LogP contribution in [0.5, 0.6) is 5.88 Å². The molecule has 0 atom stereocenters. The van der Waals surface area contributed by atoms with Gasteiger partial charge in [-0.1, -0.05) is 5.92 Å². The van der Waals surface area contributed by atoms with E-state index in [4.69, 9.17) is 16.4 Å². The molecule has 1 heterocycles. The fourth-order valence-electron chi connectivity index (χ4n) is 1.05. The topological polar surface area (TPSA) is 58.8 Å². The van der Waals surface area contributed by atoms with Gasteiger partial charge < -0.3 is 4.74 Å². The normalized spacial score (nSPS) is 16.4. The van der Waals surface area contributed by atoms with Crippen LogP contribution in [0, 0.1) is 23.7 Å². The zero-order valence-corrected chi connectivity index (χ0v) is 7.40. The summed E-state index contributed by atoms with van der Waals surface area (Å²) in [6.45, 7) is 0. The van der Waals surface area contributed by atoms with Crippen LogP contribution in [0.1, 0.15) is 18.4 Å². The van der Waals surface area contributed by atoms with E-state index in [2.05, 4.69) is 15.9 Å². The van der Waals surface area contributed by atoms with Gasteiger partial charge in [0.15, 0.2) is 5.60 Å². The van der Waals surface area contributed by atoms with Crippen molar-refractivity contribution in [3.63, 3.8) is 0 Å². The highest BCUT2D eigenvalue weighted by molar-refractivity contribution is 5.37. The Kier molecular flexibility index (Phi) is 1.83. The largest absolute Gasteiger partial charge is 0.457 e. The second-order valence-electron chi connectivity index (χ2n) is 3.09. The lowest BCUT2D eigenvalue weighted by atomic mass is 10.3. The molecule has 0 radical (unpaired) electrons. The Morgan fingerprint density at radius 3 is 2.93 bits per heavy atom. The average Bonchev–Trinajstić information content (AvgIpc) is 2.99. The summed E-state index contributed by atoms with van der Waals surface area (Å²) in [4.78, 5) is 7.60. The smallest absolute Gasteiger partial charge is 0.236 e. The maximum atomic E-state index is 8.75. The van der Waals surface area contributed by atoms with Gasteiger partial charge in [-0.05, 0) is 0 Å². The van der Waals surface area contributed by atoms with Crippen LogP contribution in [0.3, 0.4) is 0 Å². The number of hydrogen-bond donors (Lipinski definition) is 0. The second kappa shape index (κ2) is 3.01. The molecule has 1 aliphatic rings. The first-order chi connectivity index (χ1) is 6.79. The van der Waals surface area contributed by atoms with Crippen LogP contribution in [0.2, 0.25) is 0 Å². The standard InChI is InChI=1S/C10H7N3O/c1-2-10(3-4-10)14-9-8(5-11)6-12-7-13-9/h1,6-7H,3-4H2. The highest BCUT2D eigenvalue weighted by Gasteiger charge is 2.44. The number of ether oxygens (including phenoxy) is 1. The van der Waals surface area contributed by atoms with E-state index in [0.717, 1.165) is 12.8 Å². The summed E-state index contributed by atoms with van der Waals surface area (Å²) < 4.78 is 5.47. The Bertz CT molecular complexity index is 437. The van der Waals surface area contributed by atoms with Crippen molar-refractivity contribution in [2.45, 2.75) is 18.4 Å². The quantitative estimate of drug-likeness (QED) is 0.642. The highest BCUT2D eigenvalue weighted by atomic mass is 16.5. The highest BCUT2D eigenvalue weighted by Crippen LogP contribution is 2.39. The number of hydrogen-bond acceptors (Lipinski definition) is 4. The minimum absolute atomic E-state index is 0.276. The van der Waals surface area contributed by atoms with Crippen molar-refractivity contribution in [3.8, 4) is 24.3 Å². The maximum Gasteiger partial charge on any atom is 0.236 e. The van der Waals surface area contributed by atoms with E-state index in [9.17, 15) is 0 Å². The summed E-state index contributed by atoms with van der Waals surface area (Å²) in [7, 11) is 0. The molecule has 0 unspecified atom stereocenters. The minimum atomic E-state index is -0.528. The lowest BCUT2D eigenvalue weighted by Gasteiger charge is -2.10. The van der Waals surface area contributed by atoms with Crippen molar-refractivity contribution in [2.75, 3.05) is 0 Å². The molecule has 1 fully saturated rings. The molecule has 1 aromatic heterocycles. The molecule has 2 rings (SSSR count). The Labute approximate surface area is 81.6 Å². The van der Waals surface area contributed by atoms with Gasteiger partial charge in [0.2, 0.25) is 5.88 Å². The van der Waals surface area contributed by atoms with Crippen molar-refractivity contribution in [1.29, 1.82) is 5.26 Å². The predicted octanol–water partition coefficient (Wildman–Crippen LogP) is 0.893. The Morgan fingerprint density at radius 1 is 1.57 bits per heavy atom. The van der Waals surface area contributed by atoms with E-state index in [1.165, 1.54) is 12.5 Å². The second-order valence-corrected chi connectivity index (χ2v) is 3.09. The molecule has 0 aliphatic heterocycles.